The summed E-state index contributed by atoms with van der Waals surface area (Å²) in [6.07, 6.45) is 1.61. The van der Waals surface area contributed by atoms with Gasteiger partial charge in [-0.2, -0.15) is 0 Å². The Hall–Kier alpha value is -2.86. The minimum absolute atomic E-state index is 0.200. The van der Waals surface area contributed by atoms with Gasteiger partial charge in [-0.1, -0.05) is 29.8 Å². The number of benzene rings is 1. The van der Waals surface area contributed by atoms with Crippen LogP contribution in [0.2, 0.25) is 0 Å². The van der Waals surface area contributed by atoms with Crippen LogP contribution in [0.25, 0.3) is 22.4 Å². The van der Waals surface area contributed by atoms with Crippen LogP contribution in [0.1, 0.15) is 16.1 Å². The lowest BCUT2D eigenvalue weighted by Gasteiger charge is -2.03. The van der Waals surface area contributed by atoms with Gasteiger partial charge < -0.3 is 8.98 Å². The second kappa shape index (κ2) is 5.65. The molecule has 5 nitrogen and oxygen atoms in total. The van der Waals surface area contributed by atoms with Gasteiger partial charge in [0.15, 0.2) is 10.7 Å². The van der Waals surface area contributed by atoms with Gasteiger partial charge in [-0.25, -0.2) is 4.98 Å². The molecule has 3 heterocycles. The summed E-state index contributed by atoms with van der Waals surface area (Å²) in [5.41, 5.74) is 5.22. The van der Waals surface area contributed by atoms with Crippen LogP contribution in [0, 0.1) is 6.92 Å². The predicted molar refractivity (Wildman–Crippen MR) is 95.4 cm³/mol. The Labute approximate surface area is 142 Å². The van der Waals surface area contributed by atoms with Gasteiger partial charge in [0.05, 0.1) is 17.5 Å². The summed E-state index contributed by atoms with van der Waals surface area (Å²) >= 11 is 1.41. The Morgan fingerprint density at radius 2 is 2.04 bits per heavy atom. The maximum absolute atomic E-state index is 12.5. The lowest BCUT2D eigenvalue weighted by atomic mass is 10.1. The number of thiazole rings is 1. The van der Waals surface area contributed by atoms with Gasteiger partial charge in [0.25, 0.3) is 5.91 Å². The maximum atomic E-state index is 12.5. The second-order valence-electron chi connectivity index (χ2n) is 5.62. The Morgan fingerprint density at radius 1 is 1.25 bits per heavy atom. The molecule has 0 radical (unpaired) electrons. The molecule has 1 aromatic carbocycles. The number of carbonyl (C=O) groups is 1. The fourth-order valence-electron chi connectivity index (χ4n) is 2.62. The van der Waals surface area contributed by atoms with E-state index in [-0.39, 0.29) is 5.91 Å². The molecule has 4 aromatic rings. The number of nitrogens with zero attached hydrogens (tertiary/aromatic N) is 2. The zero-order chi connectivity index (χ0) is 16.7. The largest absolute Gasteiger partial charge is 0.463 e. The highest BCUT2D eigenvalue weighted by Gasteiger charge is 2.16. The summed E-state index contributed by atoms with van der Waals surface area (Å²) in [6.45, 7) is 2.05. The van der Waals surface area contributed by atoms with Gasteiger partial charge in [0.1, 0.15) is 5.69 Å². The summed E-state index contributed by atoms with van der Waals surface area (Å²) in [5.74, 6) is -0.200. The number of carbonyl (C=O) groups excluding carboxylic acids is 1. The molecule has 24 heavy (non-hydrogen) atoms. The molecule has 120 valence electrons. The smallest absolute Gasteiger partial charge is 0.274 e. The van der Waals surface area contributed by atoms with Gasteiger partial charge in [-0.3, -0.25) is 10.1 Å². The van der Waals surface area contributed by atoms with Crippen molar-refractivity contribution in [2.24, 2.45) is 7.05 Å². The fourth-order valence-corrected chi connectivity index (χ4v) is 3.33. The number of furan rings is 1. The number of hydrogen-bond donors (Lipinski definition) is 1. The molecule has 4 rings (SSSR count). The number of nitrogens with one attached hydrogen (secondary N) is 1. The van der Waals surface area contributed by atoms with Crippen molar-refractivity contribution >= 4 is 33.5 Å². The predicted octanol–water partition coefficient (Wildman–Crippen LogP) is 4.46. The van der Waals surface area contributed by atoms with Gasteiger partial charge in [-0.05, 0) is 6.92 Å². The number of amides is 1. The Bertz CT molecular complexity index is 1020. The molecular weight excluding hydrogens is 322 g/mol. The SMILES string of the molecule is Cc1ccc(-c2csc(NC(=O)c3cc4occc4n3C)n2)cc1. The third-order valence-corrected chi connectivity index (χ3v) is 4.73. The molecule has 0 fully saturated rings. The summed E-state index contributed by atoms with van der Waals surface area (Å²) in [5, 5.41) is 5.38. The van der Waals surface area contributed by atoms with Gasteiger partial charge >= 0.3 is 0 Å². The fraction of sp³-hybridized carbons (Fsp3) is 0.111. The Kier molecular flexibility index (Phi) is 3.46. The third-order valence-electron chi connectivity index (χ3n) is 3.97. The van der Waals surface area contributed by atoms with E-state index in [0.29, 0.717) is 16.4 Å². The van der Waals surface area contributed by atoms with Crippen molar-refractivity contribution in [1.82, 2.24) is 9.55 Å². The normalized spacial score (nSPS) is 11.1. The van der Waals surface area contributed by atoms with Crippen molar-refractivity contribution in [2.75, 3.05) is 5.32 Å². The molecule has 3 aromatic heterocycles. The molecule has 0 spiro atoms. The quantitative estimate of drug-likeness (QED) is 0.600. The molecule has 0 aliphatic heterocycles. The van der Waals surface area contributed by atoms with E-state index in [1.54, 1.807) is 12.3 Å². The summed E-state index contributed by atoms with van der Waals surface area (Å²) < 4.78 is 7.15. The van der Waals surface area contributed by atoms with Crippen molar-refractivity contribution in [1.29, 1.82) is 0 Å². The van der Waals surface area contributed by atoms with Crippen LogP contribution >= 0.6 is 11.3 Å². The van der Waals surface area contributed by atoms with E-state index in [1.807, 2.05) is 54.3 Å². The van der Waals surface area contributed by atoms with Crippen molar-refractivity contribution in [2.45, 2.75) is 6.92 Å². The first kappa shape index (κ1) is 14.7. The van der Waals surface area contributed by atoms with E-state index in [1.165, 1.54) is 16.9 Å². The highest BCUT2D eigenvalue weighted by Crippen LogP contribution is 2.26. The van der Waals surface area contributed by atoms with Crippen LogP contribution in [0.3, 0.4) is 0 Å². The van der Waals surface area contributed by atoms with E-state index in [0.717, 1.165) is 16.8 Å². The number of rotatable bonds is 3. The minimum Gasteiger partial charge on any atom is -0.463 e. The molecular formula is C18H15N3O2S. The molecule has 0 aliphatic carbocycles. The molecule has 6 heteroatoms. The summed E-state index contributed by atoms with van der Waals surface area (Å²) in [4.78, 5) is 17.0. The maximum Gasteiger partial charge on any atom is 0.274 e. The number of hydrogen-bond acceptors (Lipinski definition) is 4. The van der Waals surface area contributed by atoms with Crippen molar-refractivity contribution in [3.63, 3.8) is 0 Å². The van der Waals surface area contributed by atoms with Gasteiger partial charge in [-0.15, -0.1) is 11.3 Å². The number of aromatic nitrogens is 2. The van der Waals surface area contributed by atoms with Crippen molar-refractivity contribution < 1.29 is 9.21 Å². The topological polar surface area (TPSA) is 60.1 Å². The summed E-state index contributed by atoms with van der Waals surface area (Å²) in [7, 11) is 1.84. The van der Waals surface area contributed by atoms with E-state index >= 15 is 0 Å². The second-order valence-corrected chi connectivity index (χ2v) is 6.47. The highest BCUT2D eigenvalue weighted by molar-refractivity contribution is 7.14. The van der Waals surface area contributed by atoms with Crippen LogP contribution in [0.5, 0.6) is 0 Å². The molecule has 1 N–H and O–H groups in total. The molecule has 0 unspecified atom stereocenters. The first-order valence-corrected chi connectivity index (χ1v) is 8.36. The average Bonchev–Trinajstić information content (AvgIpc) is 3.26. The van der Waals surface area contributed by atoms with Crippen LogP contribution in [-0.2, 0) is 7.05 Å². The third kappa shape index (κ3) is 2.51. The van der Waals surface area contributed by atoms with Gasteiger partial charge in [0, 0.05) is 30.1 Å². The minimum atomic E-state index is -0.200. The zero-order valence-electron chi connectivity index (χ0n) is 13.2. The van der Waals surface area contributed by atoms with E-state index < -0.39 is 0 Å². The van der Waals surface area contributed by atoms with E-state index in [9.17, 15) is 4.79 Å². The number of fused-ring (bicyclic) bond motifs is 1. The molecule has 0 bridgehead atoms. The zero-order valence-corrected chi connectivity index (χ0v) is 14.1. The van der Waals surface area contributed by atoms with Gasteiger partial charge in [0.2, 0.25) is 0 Å². The van der Waals surface area contributed by atoms with E-state index in [4.69, 9.17) is 4.42 Å². The number of anilines is 1. The molecule has 0 atom stereocenters. The molecule has 1 amide bonds. The average molecular weight is 337 g/mol. The Balaban J connectivity index is 1.57. The lowest BCUT2D eigenvalue weighted by molar-refractivity contribution is 0.101. The van der Waals surface area contributed by atoms with Crippen molar-refractivity contribution in [3.05, 3.63) is 59.3 Å². The number of aryl methyl sites for hydroxylation is 2. The highest BCUT2D eigenvalue weighted by atomic mass is 32.1. The van der Waals surface area contributed by atoms with Crippen LogP contribution < -0.4 is 5.32 Å². The standard InChI is InChI=1S/C18H15N3O2S/c1-11-3-5-12(6-4-11)13-10-24-18(19-13)20-17(22)15-9-16-14(21(15)2)7-8-23-16/h3-10H,1-2H3,(H,19,20,22). The van der Waals surface area contributed by atoms with Crippen LogP contribution in [0.4, 0.5) is 5.13 Å². The van der Waals surface area contributed by atoms with Crippen LogP contribution in [-0.4, -0.2) is 15.5 Å². The summed E-state index contributed by atoms with van der Waals surface area (Å²) in [6, 6.07) is 11.7. The van der Waals surface area contributed by atoms with Crippen molar-refractivity contribution in [3.8, 4) is 11.3 Å². The molecule has 0 aliphatic rings. The molecule has 0 saturated heterocycles. The molecule has 0 saturated carbocycles. The lowest BCUT2D eigenvalue weighted by Crippen LogP contribution is -2.15. The van der Waals surface area contributed by atoms with Crippen LogP contribution in [0.15, 0.2) is 52.5 Å². The first-order chi connectivity index (χ1) is 11.6. The monoisotopic (exact) mass is 337 g/mol. The van der Waals surface area contributed by atoms with E-state index in [2.05, 4.69) is 10.3 Å². The Morgan fingerprint density at radius 3 is 2.79 bits per heavy atom. The first-order valence-electron chi connectivity index (χ1n) is 7.48.